The monoisotopic (exact) mass is 434 g/mol. The molecule has 1 heterocycles. The molecule has 0 fully saturated rings. The number of nitrogens with one attached hydrogen (secondary N) is 1. The van der Waals surface area contributed by atoms with Crippen LogP contribution in [0.5, 0.6) is 0 Å². The number of halogens is 6. The maximum atomic E-state index is 6.17. The number of amidine groups is 1. The van der Waals surface area contributed by atoms with E-state index in [2.05, 4.69) is 10.6 Å². The van der Waals surface area contributed by atoms with Crippen LogP contribution in [0.3, 0.4) is 0 Å². The lowest BCUT2D eigenvalue weighted by atomic mass is 10.1. The number of anilines is 1. The summed E-state index contributed by atoms with van der Waals surface area (Å²) in [7, 11) is 3.48. The zero-order chi connectivity index (χ0) is 17.4. The van der Waals surface area contributed by atoms with Gasteiger partial charge in [0, 0.05) is 14.1 Å². The van der Waals surface area contributed by atoms with E-state index in [1.807, 2.05) is 18.2 Å². The number of benzene rings is 1. The normalized spacial score (nSPS) is 16.2. The third-order valence-corrected chi connectivity index (χ3v) is 4.03. The average Bonchev–Trinajstić information content (AvgIpc) is 2.44. The summed E-state index contributed by atoms with van der Waals surface area (Å²) in [5, 5.41) is 5.70. The molecule has 23 heavy (non-hydrogen) atoms. The second-order valence-electron chi connectivity index (χ2n) is 4.82. The van der Waals surface area contributed by atoms with Gasteiger partial charge in [-0.3, -0.25) is 0 Å². The fourth-order valence-electron chi connectivity index (χ4n) is 2.04. The minimum atomic E-state index is -1.86. The molecule has 1 aliphatic heterocycles. The largest absolute Gasteiger partial charge is 0.361 e. The molecular formula is C13H12Cl6N4. The molecule has 0 atom stereocenters. The number of hydrogen-bond donors (Lipinski definition) is 1. The molecule has 1 aliphatic rings. The van der Waals surface area contributed by atoms with E-state index in [0.29, 0.717) is 11.5 Å². The average molecular weight is 437 g/mol. The van der Waals surface area contributed by atoms with Gasteiger partial charge in [-0.15, -0.1) is 5.10 Å². The summed E-state index contributed by atoms with van der Waals surface area (Å²) < 4.78 is -3.71. The lowest BCUT2D eigenvalue weighted by Gasteiger charge is -2.39. The van der Waals surface area contributed by atoms with Crippen molar-refractivity contribution >= 4 is 81.1 Å². The van der Waals surface area contributed by atoms with Crippen LogP contribution < -0.4 is 10.5 Å². The number of alkyl halides is 6. The predicted molar refractivity (Wildman–Crippen MR) is 101 cm³/mol. The molecule has 1 N–H and O–H groups in total. The van der Waals surface area contributed by atoms with E-state index >= 15 is 0 Å². The first-order valence-electron chi connectivity index (χ1n) is 6.28. The summed E-state index contributed by atoms with van der Waals surface area (Å²) in [6.45, 7) is 0. The van der Waals surface area contributed by atoms with Crippen molar-refractivity contribution in [1.29, 1.82) is 0 Å². The first-order chi connectivity index (χ1) is 10.5. The van der Waals surface area contributed by atoms with E-state index in [-0.39, 0.29) is 11.3 Å². The lowest BCUT2D eigenvalue weighted by molar-refractivity contribution is 0.582. The Labute approximate surface area is 164 Å². The fraction of sp³-hybridized carbons (Fsp3) is 0.308. The summed E-state index contributed by atoms with van der Waals surface area (Å²) in [6, 6.07) is 9.11. The number of rotatable bonds is 1. The minimum Gasteiger partial charge on any atom is -0.361 e. The summed E-state index contributed by atoms with van der Waals surface area (Å²) in [4.78, 5) is 1.66. The molecule has 10 heteroatoms. The highest BCUT2D eigenvalue weighted by molar-refractivity contribution is 6.73. The quantitative estimate of drug-likeness (QED) is 0.636. The van der Waals surface area contributed by atoms with Gasteiger partial charge in [-0.1, -0.05) is 87.8 Å². The molecule has 0 bridgehead atoms. The third-order valence-electron chi connectivity index (χ3n) is 2.93. The Morgan fingerprint density at radius 2 is 1.52 bits per heavy atom. The van der Waals surface area contributed by atoms with Crippen molar-refractivity contribution < 1.29 is 0 Å². The molecule has 126 valence electrons. The molecule has 0 amide bonds. The number of allylic oxidation sites excluding steroid dienone is 1. The van der Waals surface area contributed by atoms with Gasteiger partial charge in [-0.25, -0.2) is 10.5 Å². The molecule has 1 aromatic rings. The van der Waals surface area contributed by atoms with Crippen molar-refractivity contribution in [3.05, 3.63) is 41.6 Å². The van der Waals surface area contributed by atoms with Crippen LogP contribution in [0.25, 0.3) is 0 Å². The molecule has 0 spiro atoms. The topological polar surface area (TPSA) is 30.9 Å². The van der Waals surface area contributed by atoms with E-state index < -0.39 is 7.59 Å². The first-order valence-corrected chi connectivity index (χ1v) is 8.55. The Kier molecular flexibility index (Phi) is 5.77. The van der Waals surface area contributed by atoms with Crippen molar-refractivity contribution in [1.82, 2.24) is 10.4 Å². The van der Waals surface area contributed by atoms with Gasteiger partial charge in [0.15, 0.2) is 5.84 Å². The van der Waals surface area contributed by atoms with Gasteiger partial charge in [-0.05, 0) is 12.1 Å². The minimum absolute atomic E-state index is 0.160. The van der Waals surface area contributed by atoms with Crippen molar-refractivity contribution in [2.24, 2.45) is 5.10 Å². The molecule has 1 aromatic carbocycles. The van der Waals surface area contributed by atoms with Gasteiger partial charge < -0.3 is 4.90 Å². The van der Waals surface area contributed by atoms with Crippen molar-refractivity contribution in [3.8, 4) is 0 Å². The van der Waals surface area contributed by atoms with Crippen LogP contribution in [0.15, 0.2) is 46.7 Å². The summed E-state index contributed by atoms with van der Waals surface area (Å²) in [6.07, 6.45) is 0. The molecule has 0 aliphatic carbocycles. The van der Waals surface area contributed by atoms with Gasteiger partial charge in [0.2, 0.25) is 7.59 Å². The maximum absolute atomic E-state index is 6.17. The van der Waals surface area contributed by atoms with Crippen molar-refractivity contribution in [2.75, 3.05) is 19.1 Å². The van der Waals surface area contributed by atoms with Crippen LogP contribution in [0.2, 0.25) is 0 Å². The number of likely N-dealkylation sites (N-methyl/N-ethyl adjacent to an activating group) is 1. The summed E-state index contributed by atoms with van der Waals surface area (Å²) >= 11 is 36.9. The second kappa shape index (κ2) is 6.95. The molecule has 0 saturated heterocycles. The molecule has 0 saturated carbocycles. The van der Waals surface area contributed by atoms with Crippen molar-refractivity contribution in [3.63, 3.8) is 0 Å². The highest BCUT2D eigenvalue weighted by Crippen LogP contribution is 2.47. The standard InChI is InChI=1S/C13H12Cl6N4/c1-22(2)11-9(12(14,15)16)10(13(17,18)19)23(21-20-11)8-6-4-3-5-7-8/h3-7,21H,1-2H3. The molecule has 2 rings (SSSR count). The van der Waals surface area contributed by atoms with E-state index in [1.54, 1.807) is 31.1 Å². The second-order valence-corrected chi connectivity index (χ2v) is 9.38. The van der Waals surface area contributed by atoms with Crippen LogP contribution in [-0.2, 0) is 0 Å². The third kappa shape index (κ3) is 4.25. The predicted octanol–water partition coefficient (Wildman–Crippen LogP) is 4.88. The zero-order valence-electron chi connectivity index (χ0n) is 12.0. The van der Waals surface area contributed by atoms with Gasteiger partial charge in [-0.2, -0.15) is 0 Å². The Balaban J connectivity index is 2.72. The van der Waals surface area contributed by atoms with E-state index in [4.69, 9.17) is 69.6 Å². The van der Waals surface area contributed by atoms with E-state index in [9.17, 15) is 0 Å². The van der Waals surface area contributed by atoms with Crippen LogP contribution in [0.1, 0.15) is 0 Å². The number of hydrazine groups is 1. The number of hydrazone groups is 1. The van der Waals surface area contributed by atoms with Crippen molar-refractivity contribution in [2.45, 2.75) is 7.59 Å². The van der Waals surface area contributed by atoms with Crippen LogP contribution in [0, 0.1) is 0 Å². The number of para-hydroxylation sites is 1. The number of hydrogen-bond acceptors (Lipinski definition) is 4. The Morgan fingerprint density at radius 3 is 1.96 bits per heavy atom. The van der Waals surface area contributed by atoms with Gasteiger partial charge in [0.25, 0.3) is 0 Å². The molecule has 4 nitrogen and oxygen atoms in total. The van der Waals surface area contributed by atoms with Crippen LogP contribution in [-0.4, -0.2) is 32.4 Å². The molecule has 0 aromatic heterocycles. The van der Waals surface area contributed by atoms with Gasteiger partial charge in [0.05, 0.1) is 11.3 Å². The van der Waals surface area contributed by atoms with Gasteiger partial charge >= 0.3 is 0 Å². The van der Waals surface area contributed by atoms with Gasteiger partial charge in [0.1, 0.15) is 5.70 Å². The van der Waals surface area contributed by atoms with E-state index in [1.165, 1.54) is 5.01 Å². The molecule has 0 radical (unpaired) electrons. The van der Waals surface area contributed by atoms with E-state index in [0.717, 1.165) is 0 Å². The van der Waals surface area contributed by atoms with Crippen LogP contribution in [0.4, 0.5) is 5.69 Å². The smallest absolute Gasteiger partial charge is 0.233 e. The Morgan fingerprint density at radius 1 is 0.957 bits per heavy atom. The SMILES string of the molecule is CN(C)C1=NNN(c2ccccc2)C(C(Cl)(Cl)Cl)=C1C(Cl)(Cl)Cl. The summed E-state index contributed by atoms with van der Waals surface area (Å²) in [5.41, 5.74) is 3.82. The maximum Gasteiger partial charge on any atom is 0.233 e. The summed E-state index contributed by atoms with van der Waals surface area (Å²) in [5.74, 6) is 0.346. The lowest BCUT2D eigenvalue weighted by Crippen LogP contribution is -2.49. The zero-order valence-corrected chi connectivity index (χ0v) is 16.5. The first kappa shape index (κ1) is 19.1. The number of nitrogens with zero attached hydrogens (tertiary/aromatic N) is 3. The molecule has 0 unspecified atom stereocenters. The Bertz CT molecular complexity index is 630. The fourth-order valence-corrected chi connectivity index (χ4v) is 3.10. The highest BCUT2D eigenvalue weighted by atomic mass is 35.6. The molecular weight excluding hydrogens is 425 g/mol. The van der Waals surface area contributed by atoms with Crippen LogP contribution >= 0.6 is 69.6 Å². The highest BCUT2D eigenvalue weighted by Gasteiger charge is 2.45. The Hall–Kier alpha value is -0.230.